The van der Waals surface area contributed by atoms with Gasteiger partial charge in [0.15, 0.2) is 0 Å². The first-order chi connectivity index (χ1) is 8.68. The van der Waals surface area contributed by atoms with Crippen LogP contribution < -0.4 is 15.6 Å². The van der Waals surface area contributed by atoms with Gasteiger partial charge in [-0.25, -0.2) is 15.6 Å². The van der Waals surface area contributed by atoms with Gasteiger partial charge in [0, 0.05) is 0 Å². The van der Waals surface area contributed by atoms with Gasteiger partial charge in [-0.1, -0.05) is 30.3 Å². The third kappa shape index (κ3) is 2.99. The second-order valence-electron chi connectivity index (χ2n) is 3.50. The van der Waals surface area contributed by atoms with Crippen LogP contribution in [0.5, 0.6) is 5.75 Å². The first kappa shape index (κ1) is 12.8. The summed E-state index contributed by atoms with van der Waals surface area (Å²) in [5.41, 5.74) is 0.577. The van der Waals surface area contributed by atoms with Gasteiger partial charge in [-0.3, -0.25) is 0 Å². The fourth-order valence-corrected chi connectivity index (χ4v) is 1.86. The maximum absolute atomic E-state index is 11.8. The van der Waals surface area contributed by atoms with Gasteiger partial charge in [-0.2, -0.15) is 0 Å². The Morgan fingerprint density at radius 1 is 1.06 bits per heavy atom. The van der Waals surface area contributed by atoms with E-state index >= 15 is 0 Å². The van der Waals surface area contributed by atoms with Crippen molar-refractivity contribution in [3.8, 4) is 5.75 Å². The maximum atomic E-state index is 11.8. The molecule has 0 spiro atoms. The number of ether oxygens (including phenoxy) is 1. The second kappa shape index (κ2) is 5.83. The Balaban J connectivity index is 2.12. The summed E-state index contributed by atoms with van der Waals surface area (Å²) < 4.78 is 6.07. The average molecular weight is 354 g/mol. The number of amides is 1. The van der Waals surface area contributed by atoms with Gasteiger partial charge < -0.3 is 4.74 Å². The van der Waals surface area contributed by atoms with E-state index in [0.717, 1.165) is 8.58 Å². The molecule has 2 N–H and O–H groups in total. The Morgan fingerprint density at radius 2 is 1.67 bits per heavy atom. The van der Waals surface area contributed by atoms with Crippen molar-refractivity contribution in [3.05, 3.63) is 58.2 Å². The lowest BCUT2D eigenvalue weighted by atomic mass is 10.3. The van der Waals surface area contributed by atoms with Crippen LogP contribution in [0.1, 0.15) is 0 Å². The summed E-state index contributed by atoms with van der Waals surface area (Å²) >= 11 is 2.10. The minimum absolute atomic E-state index is 0.495. The molecule has 0 aromatic heterocycles. The monoisotopic (exact) mass is 354 g/mol. The Kier molecular flexibility index (Phi) is 4.16. The van der Waals surface area contributed by atoms with Crippen molar-refractivity contribution in [1.29, 1.82) is 0 Å². The highest BCUT2D eigenvalue weighted by molar-refractivity contribution is 14.1. The molecule has 0 aliphatic rings. The summed E-state index contributed by atoms with van der Waals surface area (Å²) in [5, 5.41) is 0.975. The van der Waals surface area contributed by atoms with Gasteiger partial charge in [-0.05, 0) is 46.9 Å². The molecule has 18 heavy (non-hydrogen) atoms. The predicted octanol–water partition coefficient (Wildman–Crippen LogP) is 3.17. The second-order valence-corrected chi connectivity index (χ2v) is 4.67. The number of nitrogens with two attached hydrogens (primary N) is 1. The zero-order valence-corrected chi connectivity index (χ0v) is 11.6. The molecule has 0 radical (unpaired) electrons. The number of nitrogens with zero attached hydrogens (tertiary/aromatic N) is 1. The molecule has 0 bridgehead atoms. The molecule has 0 saturated heterocycles. The van der Waals surface area contributed by atoms with Crippen molar-refractivity contribution in [2.75, 3.05) is 5.01 Å². The summed E-state index contributed by atoms with van der Waals surface area (Å²) in [5.74, 6) is 6.19. The number of hydrogen-bond acceptors (Lipinski definition) is 3. The molecule has 0 heterocycles. The van der Waals surface area contributed by atoms with Crippen molar-refractivity contribution < 1.29 is 9.53 Å². The number of rotatable bonds is 2. The molecule has 2 aromatic rings. The minimum Gasteiger partial charge on any atom is -0.408 e. The topological polar surface area (TPSA) is 55.6 Å². The van der Waals surface area contributed by atoms with E-state index in [1.54, 1.807) is 36.4 Å². The number of carbonyl (C=O) groups excluding carboxylic acids is 1. The summed E-state index contributed by atoms with van der Waals surface area (Å²) in [6.45, 7) is 0. The third-order valence-electron chi connectivity index (χ3n) is 2.26. The first-order valence-corrected chi connectivity index (χ1v) is 6.32. The van der Waals surface area contributed by atoms with E-state index in [-0.39, 0.29) is 0 Å². The lowest BCUT2D eigenvalue weighted by Crippen LogP contribution is -2.39. The Morgan fingerprint density at radius 3 is 2.33 bits per heavy atom. The van der Waals surface area contributed by atoms with Crippen LogP contribution in [0.4, 0.5) is 10.5 Å². The zero-order chi connectivity index (χ0) is 13.0. The molecule has 0 unspecified atom stereocenters. The van der Waals surface area contributed by atoms with Crippen molar-refractivity contribution in [3.63, 3.8) is 0 Å². The number of para-hydroxylation sites is 2. The first-order valence-electron chi connectivity index (χ1n) is 5.24. The van der Waals surface area contributed by atoms with Gasteiger partial charge in [0.25, 0.3) is 0 Å². The smallest absolute Gasteiger partial charge is 0.408 e. The highest BCUT2D eigenvalue weighted by Crippen LogP contribution is 2.21. The van der Waals surface area contributed by atoms with E-state index in [0.29, 0.717) is 11.4 Å². The van der Waals surface area contributed by atoms with Gasteiger partial charge in [0.05, 0.1) is 9.26 Å². The number of anilines is 1. The van der Waals surface area contributed by atoms with Crippen molar-refractivity contribution in [2.24, 2.45) is 5.84 Å². The largest absolute Gasteiger partial charge is 0.434 e. The third-order valence-corrected chi connectivity index (χ3v) is 3.16. The number of benzene rings is 2. The molecule has 2 aromatic carbocycles. The number of hydrogen-bond donors (Lipinski definition) is 1. The molecule has 0 aliphatic heterocycles. The lowest BCUT2D eigenvalue weighted by molar-refractivity contribution is 0.207. The fraction of sp³-hybridized carbons (Fsp3) is 0. The Hall–Kier alpha value is -1.60. The highest BCUT2D eigenvalue weighted by Gasteiger charge is 2.14. The molecule has 4 nitrogen and oxygen atoms in total. The van der Waals surface area contributed by atoms with E-state index in [2.05, 4.69) is 22.6 Å². The maximum Gasteiger partial charge on any atom is 0.434 e. The average Bonchev–Trinajstić information content (AvgIpc) is 2.41. The molecule has 0 aliphatic carbocycles. The SMILES string of the molecule is NN(C(=O)Oc1ccccc1I)c1ccccc1. The van der Waals surface area contributed by atoms with Crippen LogP contribution in [0.25, 0.3) is 0 Å². The molecule has 5 heteroatoms. The molecule has 1 amide bonds. The molecular formula is C13H11IN2O2. The van der Waals surface area contributed by atoms with Gasteiger partial charge >= 0.3 is 6.09 Å². The van der Waals surface area contributed by atoms with Crippen LogP contribution in [0.3, 0.4) is 0 Å². The van der Waals surface area contributed by atoms with Crippen LogP contribution in [0.15, 0.2) is 54.6 Å². The molecule has 92 valence electrons. The highest BCUT2D eigenvalue weighted by atomic mass is 127. The van der Waals surface area contributed by atoms with E-state index < -0.39 is 6.09 Å². The minimum atomic E-state index is -0.620. The zero-order valence-electron chi connectivity index (χ0n) is 9.42. The predicted molar refractivity (Wildman–Crippen MR) is 78.3 cm³/mol. The number of hydrazine groups is 1. The molecule has 0 saturated carbocycles. The Labute approximate surface area is 118 Å². The van der Waals surface area contributed by atoms with Gasteiger partial charge in [0.2, 0.25) is 0 Å². The summed E-state index contributed by atoms with van der Waals surface area (Å²) in [7, 11) is 0. The van der Waals surface area contributed by atoms with E-state index in [9.17, 15) is 4.79 Å². The van der Waals surface area contributed by atoms with Gasteiger partial charge in [0.1, 0.15) is 5.75 Å². The van der Waals surface area contributed by atoms with Crippen LogP contribution in [0, 0.1) is 3.57 Å². The van der Waals surface area contributed by atoms with Crippen molar-refractivity contribution in [2.45, 2.75) is 0 Å². The van der Waals surface area contributed by atoms with Crippen LogP contribution >= 0.6 is 22.6 Å². The number of carbonyl (C=O) groups is 1. The Bertz CT molecular complexity index is 546. The number of halogens is 1. The summed E-state index contributed by atoms with van der Waals surface area (Å²) in [6.07, 6.45) is -0.620. The molecule has 0 atom stereocenters. The van der Waals surface area contributed by atoms with Crippen LogP contribution in [-0.2, 0) is 0 Å². The van der Waals surface area contributed by atoms with Crippen molar-refractivity contribution >= 4 is 34.4 Å². The van der Waals surface area contributed by atoms with E-state index in [1.807, 2.05) is 18.2 Å². The lowest BCUT2D eigenvalue weighted by Gasteiger charge is -2.16. The van der Waals surface area contributed by atoms with E-state index in [1.165, 1.54) is 0 Å². The van der Waals surface area contributed by atoms with E-state index in [4.69, 9.17) is 10.6 Å². The molecule has 2 rings (SSSR count). The molecule has 0 fully saturated rings. The summed E-state index contributed by atoms with van der Waals surface area (Å²) in [4.78, 5) is 11.8. The molecular weight excluding hydrogens is 343 g/mol. The fourth-order valence-electron chi connectivity index (χ4n) is 1.36. The summed E-state index contributed by atoms with van der Waals surface area (Å²) in [6, 6.07) is 16.2. The van der Waals surface area contributed by atoms with Crippen molar-refractivity contribution in [1.82, 2.24) is 0 Å². The van der Waals surface area contributed by atoms with Crippen LogP contribution in [0.2, 0.25) is 0 Å². The normalized spacial score (nSPS) is 9.89. The van der Waals surface area contributed by atoms with Gasteiger partial charge in [-0.15, -0.1) is 0 Å². The quantitative estimate of drug-likeness (QED) is 0.390. The standard InChI is InChI=1S/C13H11IN2O2/c14-11-8-4-5-9-12(11)18-13(17)16(15)10-6-2-1-3-7-10/h1-9H,15H2. The van der Waals surface area contributed by atoms with Crippen LogP contribution in [-0.4, -0.2) is 6.09 Å².